The summed E-state index contributed by atoms with van der Waals surface area (Å²) in [4.78, 5) is 0. The predicted molar refractivity (Wildman–Crippen MR) is 85.6 cm³/mol. The second-order valence-corrected chi connectivity index (χ2v) is 7.77. The molecule has 1 heterocycles. The van der Waals surface area contributed by atoms with Crippen LogP contribution in [0.15, 0.2) is 18.2 Å². The minimum Gasteiger partial charge on any atom is -0.496 e. The van der Waals surface area contributed by atoms with Crippen LogP contribution in [-0.4, -0.2) is 40.3 Å². The summed E-state index contributed by atoms with van der Waals surface area (Å²) in [5.41, 5.74) is 2.32. The van der Waals surface area contributed by atoms with Gasteiger partial charge in [-0.1, -0.05) is 24.6 Å². The van der Waals surface area contributed by atoms with E-state index in [-0.39, 0.29) is 6.10 Å². The van der Waals surface area contributed by atoms with Gasteiger partial charge < -0.3 is 9.84 Å². The Bertz CT molecular complexity index is 423. The van der Waals surface area contributed by atoms with Gasteiger partial charge in [-0.15, -0.1) is 0 Å². The van der Waals surface area contributed by atoms with Crippen molar-refractivity contribution in [3.63, 3.8) is 0 Å². The molecule has 3 unspecified atom stereocenters. The zero-order chi connectivity index (χ0) is 13.8. The van der Waals surface area contributed by atoms with Crippen LogP contribution in [-0.2, 0) is 6.42 Å². The number of hydrogen-bond acceptors (Lipinski definition) is 4. The number of benzene rings is 1. The summed E-state index contributed by atoms with van der Waals surface area (Å²) in [5, 5.41) is 11.4. The highest BCUT2D eigenvalue weighted by Gasteiger charge is 2.29. The quantitative estimate of drug-likeness (QED) is 0.925. The summed E-state index contributed by atoms with van der Waals surface area (Å²) in [6.07, 6.45) is 0.372. The monoisotopic (exact) mass is 298 g/mol. The van der Waals surface area contributed by atoms with Crippen LogP contribution in [0.3, 0.4) is 0 Å². The van der Waals surface area contributed by atoms with E-state index in [4.69, 9.17) is 4.74 Å². The van der Waals surface area contributed by atoms with E-state index in [0.29, 0.717) is 16.9 Å². The number of thioether (sulfide) groups is 2. The molecule has 0 aromatic heterocycles. The molecule has 19 heavy (non-hydrogen) atoms. The summed E-state index contributed by atoms with van der Waals surface area (Å²) < 4.78 is 5.39. The number of aliphatic hydroxyl groups is 1. The normalized spacial score (nSPS) is 25.1. The zero-order valence-electron chi connectivity index (χ0n) is 11.8. The molecule has 1 aliphatic heterocycles. The van der Waals surface area contributed by atoms with Gasteiger partial charge in [0.25, 0.3) is 0 Å². The van der Waals surface area contributed by atoms with Crippen molar-refractivity contribution >= 4 is 23.5 Å². The Labute approximate surface area is 124 Å². The van der Waals surface area contributed by atoms with Gasteiger partial charge in [-0.25, -0.2) is 0 Å². The molecule has 0 amide bonds. The van der Waals surface area contributed by atoms with Crippen LogP contribution in [0.4, 0.5) is 0 Å². The fourth-order valence-corrected chi connectivity index (χ4v) is 5.33. The summed E-state index contributed by atoms with van der Waals surface area (Å²) in [6, 6.07) is 6.15. The average Bonchev–Trinajstić information content (AvgIpc) is 2.39. The SMILES string of the molecule is COc1ccc(C)cc1CC(O)C1SCCSC1C. The number of hydrogen-bond donors (Lipinski definition) is 1. The van der Waals surface area contributed by atoms with Crippen molar-refractivity contribution in [3.05, 3.63) is 29.3 Å². The third-order valence-electron chi connectivity index (χ3n) is 3.48. The lowest BCUT2D eigenvalue weighted by molar-refractivity contribution is 0.170. The van der Waals surface area contributed by atoms with Crippen molar-refractivity contribution in [3.8, 4) is 5.75 Å². The lowest BCUT2D eigenvalue weighted by Gasteiger charge is -2.32. The van der Waals surface area contributed by atoms with E-state index in [1.807, 2.05) is 35.7 Å². The topological polar surface area (TPSA) is 29.5 Å². The molecule has 0 spiro atoms. The van der Waals surface area contributed by atoms with Crippen LogP contribution in [0.25, 0.3) is 0 Å². The van der Waals surface area contributed by atoms with Crippen molar-refractivity contribution in [2.45, 2.75) is 36.9 Å². The number of aliphatic hydroxyl groups excluding tert-OH is 1. The summed E-state index contributed by atoms with van der Waals surface area (Å²) in [7, 11) is 1.69. The second kappa shape index (κ2) is 6.91. The van der Waals surface area contributed by atoms with E-state index in [1.54, 1.807) is 7.11 Å². The largest absolute Gasteiger partial charge is 0.496 e. The highest BCUT2D eigenvalue weighted by molar-refractivity contribution is 8.07. The van der Waals surface area contributed by atoms with Gasteiger partial charge in [-0.3, -0.25) is 0 Å². The molecule has 4 heteroatoms. The molecule has 1 N–H and O–H groups in total. The van der Waals surface area contributed by atoms with Crippen LogP contribution in [0, 0.1) is 6.92 Å². The molecule has 3 atom stereocenters. The molecule has 1 fully saturated rings. The lowest BCUT2D eigenvalue weighted by atomic mass is 10.0. The summed E-state index contributed by atoms with van der Waals surface area (Å²) >= 11 is 3.87. The molecule has 1 aliphatic rings. The van der Waals surface area contributed by atoms with Crippen LogP contribution in [0.5, 0.6) is 5.75 Å². The molecule has 1 aromatic rings. The maximum atomic E-state index is 10.5. The number of methoxy groups -OCH3 is 1. The third kappa shape index (κ3) is 3.83. The minimum absolute atomic E-state index is 0.302. The first-order valence-corrected chi connectivity index (χ1v) is 8.76. The van der Waals surface area contributed by atoms with Gasteiger partial charge in [0.2, 0.25) is 0 Å². The molecule has 1 aromatic carbocycles. The van der Waals surface area contributed by atoms with E-state index in [0.717, 1.165) is 17.1 Å². The van der Waals surface area contributed by atoms with E-state index in [9.17, 15) is 5.11 Å². The fourth-order valence-electron chi connectivity index (χ4n) is 2.48. The van der Waals surface area contributed by atoms with Gasteiger partial charge in [0.1, 0.15) is 5.75 Å². The van der Waals surface area contributed by atoms with Crippen LogP contribution < -0.4 is 4.74 Å². The van der Waals surface area contributed by atoms with Crippen molar-refractivity contribution in [1.82, 2.24) is 0 Å². The molecule has 2 rings (SSSR count). The first kappa shape index (κ1) is 15.1. The molecule has 106 valence electrons. The van der Waals surface area contributed by atoms with E-state index in [2.05, 4.69) is 19.9 Å². The van der Waals surface area contributed by atoms with E-state index in [1.165, 1.54) is 11.3 Å². The molecular weight excluding hydrogens is 276 g/mol. The van der Waals surface area contributed by atoms with Gasteiger partial charge >= 0.3 is 0 Å². The van der Waals surface area contributed by atoms with Gasteiger partial charge in [-0.2, -0.15) is 23.5 Å². The summed E-state index contributed by atoms with van der Waals surface area (Å²) in [6.45, 7) is 4.29. The average molecular weight is 298 g/mol. The van der Waals surface area contributed by atoms with Crippen molar-refractivity contribution < 1.29 is 9.84 Å². The number of ether oxygens (including phenoxy) is 1. The minimum atomic E-state index is -0.302. The van der Waals surface area contributed by atoms with Crippen molar-refractivity contribution in [2.24, 2.45) is 0 Å². The highest BCUT2D eigenvalue weighted by atomic mass is 32.2. The standard InChI is InChI=1S/C15H22O2S2/c1-10-4-5-14(17-3)12(8-10)9-13(16)15-11(2)18-6-7-19-15/h4-5,8,11,13,15-16H,6-7,9H2,1-3H3. The Morgan fingerprint density at radius 3 is 2.79 bits per heavy atom. The molecule has 0 radical (unpaired) electrons. The maximum absolute atomic E-state index is 10.5. The van der Waals surface area contributed by atoms with Gasteiger partial charge in [-0.05, 0) is 18.6 Å². The Balaban J connectivity index is 2.09. The third-order valence-corrected chi connectivity index (χ3v) is 6.72. The predicted octanol–water partition coefficient (Wildman–Crippen LogP) is 3.14. The molecule has 0 aliphatic carbocycles. The van der Waals surface area contributed by atoms with Crippen LogP contribution in [0.1, 0.15) is 18.1 Å². The Morgan fingerprint density at radius 1 is 1.37 bits per heavy atom. The number of rotatable bonds is 4. The van der Waals surface area contributed by atoms with Crippen molar-refractivity contribution in [2.75, 3.05) is 18.6 Å². The molecule has 0 saturated carbocycles. The van der Waals surface area contributed by atoms with Crippen LogP contribution in [0.2, 0.25) is 0 Å². The Morgan fingerprint density at radius 2 is 2.11 bits per heavy atom. The summed E-state index contributed by atoms with van der Waals surface area (Å²) in [5.74, 6) is 3.22. The molecule has 2 nitrogen and oxygen atoms in total. The van der Waals surface area contributed by atoms with E-state index < -0.39 is 0 Å². The first-order valence-electron chi connectivity index (χ1n) is 6.66. The Hall–Kier alpha value is -0.320. The highest BCUT2D eigenvalue weighted by Crippen LogP contribution is 2.34. The molecule has 0 bridgehead atoms. The zero-order valence-corrected chi connectivity index (χ0v) is 13.4. The van der Waals surface area contributed by atoms with Crippen molar-refractivity contribution in [1.29, 1.82) is 0 Å². The fraction of sp³-hybridized carbons (Fsp3) is 0.600. The lowest BCUT2D eigenvalue weighted by Crippen LogP contribution is -2.36. The maximum Gasteiger partial charge on any atom is 0.122 e. The van der Waals surface area contributed by atoms with Gasteiger partial charge in [0, 0.05) is 28.4 Å². The first-order chi connectivity index (χ1) is 9.11. The smallest absolute Gasteiger partial charge is 0.122 e. The van der Waals surface area contributed by atoms with Crippen LogP contribution >= 0.6 is 23.5 Å². The molecule has 1 saturated heterocycles. The van der Waals surface area contributed by atoms with E-state index >= 15 is 0 Å². The van der Waals surface area contributed by atoms with Gasteiger partial charge in [0.15, 0.2) is 0 Å². The molecular formula is C15H22O2S2. The number of aryl methyl sites for hydroxylation is 1. The second-order valence-electron chi connectivity index (χ2n) is 5.00. The Kier molecular flexibility index (Phi) is 5.48. The van der Waals surface area contributed by atoms with Gasteiger partial charge in [0.05, 0.1) is 13.2 Å².